The Balaban J connectivity index is 3.22. The van der Waals surface area contributed by atoms with Gasteiger partial charge in [0.2, 0.25) is 0 Å². The minimum Gasteiger partial charge on any atom is -0.243 e. The fourth-order valence-corrected chi connectivity index (χ4v) is 1.52. The van der Waals surface area contributed by atoms with Gasteiger partial charge >= 0.3 is 0 Å². The Morgan fingerprint density at radius 2 is 2.21 bits per heavy atom. The monoisotopic (exact) mass is 312 g/mol. The van der Waals surface area contributed by atoms with Gasteiger partial charge in [0.1, 0.15) is 3.70 Å². The van der Waals surface area contributed by atoms with Crippen LogP contribution in [0.1, 0.15) is 17.7 Å². The summed E-state index contributed by atoms with van der Waals surface area (Å²) in [5, 5.41) is 8.34. The average Bonchev–Trinajstić information content (AvgIpc) is 2.11. The van der Waals surface area contributed by atoms with E-state index in [1.54, 1.807) is 6.07 Å². The van der Waals surface area contributed by atoms with Crippen molar-refractivity contribution in [1.82, 2.24) is 4.98 Å². The lowest BCUT2D eigenvalue weighted by Gasteiger charge is -2.04. The molecule has 0 aliphatic carbocycles. The normalized spacial score (nSPS) is 10.3. The lowest BCUT2D eigenvalue weighted by Crippen LogP contribution is -2.01. The van der Waals surface area contributed by atoms with Crippen LogP contribution in [0.5, 0.6) is 0 Å². The van der Waals surface area contributed by atoms with Crippen molar-refractivity contribution in [3.63, 3.8) is 0 Å². The van der Waals surface area contributed by atoms with Crippen LogP contribution in [0, 0.1) is 20.8 Å². The molecule has 0 spiro atoms. The molecule has 6 heteroatoms. The highest BCUT2D eigenvalue weighted by atomic mass is 127. The number of nitrogens with zero attached hydrogens (tertiary/aromatic N) is 2. The number of hydrogen-bond donors (Lipinski definition) is 0. The van der Waals surface area contributed by atoms with Gasteiger partial charge in [0.05, 0.1) is 23.7 Å². The van der Waals surface area contributed by atoms with Crippen molar-refractivity contribution >= 4 is 22.6 Å². The first-order chi connectivity index (χ1) is 6.56. The summed E-state index contributed by atoms with van der Waals surface area (Å²) in [4.78, 5) is 3.66. The van der Waals surface area contributed by atoms with E-state index >= 15 is 0 Å². The molecule has 0 radical (unpaired) electrons. The summed E-state index contributed by atoms with van der Waals surface area (Å²) in [6.07, 6.45) is -2.99. The van der Waals surface area contributed by atoms with Crippen molar-refractivity contribution in [2.45, 2.75) is 12.8 Å². The second-order valence-corrected chi connectivity index (χ2v) is 3.47. The molecule has 0 saturated carbocycles. The maximum Gasteiger partial charge on any atom is 0.266 e. The Hall–Kier alpha value is -0.840. The molecule has 1 aromatic heterocycles. The minimum atomic E-state index is -2.89. The number of rotatable bonds is 2. The molecule has 0 bridgehead atoms. The van der Waals surface area contributed by atoms with Gasteiger partial charge in [-0.25, -0.2) is 18.2 Å². The molecule has 0 N–H and O–H groups in total. The van der Waals surface area contributed by atoms with E-state index in [4.69, 9.17) is 5.26 Å². The Morgan fingerprint density at radius 1 is 1.57 bits per heavy atom. The molecule has 0 unspecified atom stereocenters. The van der Waals surface area contributed by atoms with E-state index in [0.29, 0.717) is 0 Å². The molecule has 1 heterocycles. The third-order valence-corrected chi connectivity index (χ3v) is 2.21. The van der Waals surface area contributed by atoms with E-state index in [1.807, 2.05) is 0 Å². The number of pyridine rings is 1. The van der Waals surface area contributed by atoms with Gasteiger partial charge < -0.3 is 0 Å². The molecule has 2 nitrogen and oxygen atoms in total. The molecule has 0 aliphatic heterocycles. The standard InChI is InChI=1S/C8H4F3IN2/c9-6-5(7(10)11)3-4(1-2-13)14-8(6)12/h3,7H,1H2. The largest absolute Gasteiger partial charge is 0.266 e. The smallest absolute Gasteiger partial charge is 0.243 e. The lowest BCUT2D eigenvalue weighted by atomic mass is 10.2. The summed E-state index contributed by atoms with van der Waals surface area (Å²) in [5.74, 6) is -1.01. The predicted molar refractivity (Wildman–Crippen MR) is 51.2 cm³/mol. The van der Waals surface area contributed by atoms with E-state index < -0.39 is 17.8 Å². The van der Waals surface area contributed by atoms with Gasteiger partial charge in [-0.3, -0.25) is 0 Å². The van der Waals surface area contributed by atoms with Crippen molar-refractivity contribution < 1.29 is 13.2 Å². The molecule has 0 saturated heterocycles. The summed E-state index contributed by atoms with van der Waals surface area (Å²) < 4.78 is 37.5. The lowest BCUT2D eigenvalue weighted by molar-refractivity contribution is 0.145. The van der Waals surface area contributed by atoms with Crippen LogP contribution in [0.3, 0.4) is 0 Å². The first-order valence-electron chi connectivity index (χ1n) is 3.56. The van der Waals surface area contributed by atoms with Crippen LogP contribution in [-0.2, 0) is 6.42 Å². The van der Waals surface area contributed by atoms with E-state index in [0.717, 1.165) is 6.07 Å². The van der Waals surface area contributed by atoms with Gasteiger partial charge in [-0.05, 0) is 28.7 Å². The summed E-state index contributed by atoms with van der Waals surface area (Å²) >= 11 is 1.52. The second kappa shape index (κ2) is 4.59. The molecule has 1 aromatic rings. The SMILES string of the molecule is N#CCc1cc(C(F)F)c(F)c(I)n1. The Labute approximate surface area is 91.9 Å². The Kier molecular flexibility index (Phi) is 3.69. The highest BCUT2D eigenvalue weighted by molar-refractivity contribution is 14.1. The van der Waals surface area contributed by atoms with Gasteiger partial charge in [0.25, 0.3) is 6.43 Å². The first kappa shape index (κ1) is 11.2. The molecular weight excluding hydrogens is 308 g/mol. The molecule has 0 atom stereocenters. The Morgan fingerprint density at radius 3 is 2.71 bits per heavy atom. The number of nitriles is 1. The Bertz CT molecular complexity index is 387. The maximum absolute atomic E-state index is 13.0. The minimum absolute atomic E-state index is 0.101. The van der Waals surface area contributed by atoms with E-state index in [2.05, 4.69) is 4.98 Å². The highest BCUT2D eigenvalue weighted by Gasteiger charge is 2.17. The van der Waals surface area contributed by atoms with Crippen molar-refractivity contribution in [1.29, 1.82) is 5.26 Å². The molecule has 0 amide bonds. The molecule has 0 aromatic carbocycles. The van der Waals surface area contributed by atoms with Crippen LogP contribution in [0.4, 0.5) is 13.2 Å². The number of alkyl halides is 2. The zero-order valence-electron chi connectivity index (χ0n) is 6.77. The quantitative estimate of drug-likeness (QED) is 0.622. The second-order valence-electron chi connectivity index (χ2n) is 2.44. The fraction of sp³-hybridized carbons (Fsp3) is 0.250. The molecule has 0 fully saturated rings. The van der Waals surface area contributed by atoms with Crippen LogP contribution < -0.4 is 0 Å². The van der Waals surface area contributed by atoms with E-state index in [9.17, 15) is 13.2 Å². The predicted octanol–water partition coefficient (Wildman–Crippen LogP) is 2.83. The van der Waals surface area contributed by atoms with Crippen molar-refractivity contribution in [3.8, 4) is 6.07 Å². The number of aromatic nitrogens is 1. The third-order valence-electron chi connectivity index (χ3n) is 1.49. The van der Waals surface area contributed by atoms with Gasteiger partial charge in [-0.2, -0.15) is 5.26 Å². The topological polar surface area (TPSA) is 36.7 Å². The number of hydrogen-bond acceptors (Lipinski definition) is 2. The zero-order chi connectivity index (χ0) is 10.7. The van der Waals surface area contributed by atoms with Gasteiger partial charge in [0.15, 0.2) is 5.82 Å². The van der Waals surface area contributed by atoms with Crippen molar-refractivity contribution in [3.05, 3.63) is 26.8 Å². The summed E-state index contributed by atoms with van der Waals surface area (Å²) in [5.41, 5.74) is -0.539. The van der Waals surface area contributed by atoms with E-state index in [-0.39, 0.29) is 15.8 Å². The summed E-state index contributed by atoms with van der Waals surface area (Å²) in [6, 6.07) is 2.69. The van der Waals surface area contributed by atoms with Crippen LogP contribution >= 0.6 is 22.6 Å². The van der Waals surface area contributed by atoms with Gasteiger partial charge in [-0.15, -0.1) is 0 Å². The van der Waals surface area contributed by atoms with Crippen LogP contribution in [-0.4, -0.2) is 4.98 Å². The van der Waals surface area contributed by atoms with Crippen LogP contribution in [0.25, 0.3) is 0 Å². The third kappa shape index (κ3) is 2.35. The molecule has 0 aliphatic rings. The van der Waals surface area contributed by atoms with Crippen LogP contribution in [0.15, 0.2) is 6.07 Å². The summed E-state index contributed by atoms with van der Waals surface area (Å²) in [6.45, 7) is 0. The molecule has 74 valence electrons. The van der Waals surface area contributed by atoms with Gasteiger partial charge in [0, 0.05) is 0 Å². The number of halogens is 4. The summed E-state index contributed by atoms with van der Waals surface area (Å²) in [7, 11) is 0. The fourth-order valence-electron chi connectivity index (χ4n) is 0.900. The van der Waals surface area contributed by atoms with Crippen LogP contribution in [0.2, 0.25) is 0 Å². The van der Waals surface area contributed by atoms with E-state index in [1.165, 1.54) is 22.6 Å². The van der Waals surface area contributed by atoms with Gasteiger partial charge in [-0.1, -0.05) is 0 Å². The first-order valence-corrected chi connectivity index (χ1v) is 4.64. The molecule has 1 rings (SSSR count). The van der Waals surface area contributed by atoms with Crippen molar-refractivity contribution in [2.24, 2.45) is 0 Å². The zero-order valence-corrected chi connectivity index (χ0v) is 8.93. The highest BCUT2D eigenvalue weighted by Crippen LogP contribution is 2.25. The average molecular weight is 312 g/mol. The molecule has 14 heavy (non-hydrogen) atoms. The molecular formula is C8H4F3IN2. The maximum atomic E-state index is 13.0. The van der Waals surface area contributed by atoms with Crippen molar-refractivity contribution in [2.75, 3.05) is 0 Å².